The number of thioether (sulfide) groups is 1. The minimum absolute atomic E-state index is 0.111. The molecule has 1 aliphatic heterocycles. The van der Waals surface area contributed by atoms with E-state index in [0.717, 1.165) is 19.4 Å². The van der Waals surface area contributed by atoms with Gasteiger partial charge in [-0.3, -0.25) is 9.59 Å². The van der Waals surface area contributed by atoms with Crippen LogP contribution >= 0.6 is 11.8 Å². The number of nitrogens with zero attached hydrogens (tertiary/aromatic N) is 4. The van der Waals surface area contributed by atoms with Crippen LogP contribution in [0.4, 0.5) is 11.4 Å². The Morgan fingerprint density at radius 3 is 2.76 bits per heavy atom. The van der Waals surface area contributed by atoms with Crippen LogP contribution in [0.5, 0.6) is 5.75 Å². The molecular formula is C22H24N6O4S. The molecule has 0 saturated carbocycles. The number of nitrogens with one attached hydrogen (secondary N) is 2. The van der Waals surface area contributed by atoms with Gasteiger partial charge in [-0.05, 0) is 59.7 Å². The lowest BCUT2D eigenvalue weighted by atomic mass is 10.2. The molecule has 11 heteroatoms. The number of anilines is 2. The molecule has 0 aliphatic carbocycles. The van der Waals surface area contributed by atoms with Crippen LogP contribution < -0.4 is 15.4 Å². The maximum atomic E-state index is 12.5. The molecule has 1 saturated heterocycles. The third-order valence-corrected chi connectivity index (χ3v) is 5.98. The highest BCUT2D eigenvalue weighted by molar-refractivity contribution is 7.99. The third-order valence-electron chi connectivity index (χ3n) is 5.02. The fourth-order valence-corrected chi connectivity index (χ4v) is 4.06. The number of carbonyl (C=O) groups is 2. The summed E-state index contributed by atoms with van der Waals surface area (Å²) in [6, 6.07) is 13.8. The van der Waals surface area contributed by atoms with Crippen molar-refractivity contribution in [2.75, 3.05) is 30.1 Å². The molecule has 2 aromatic carbocycles. The number of rotatable bonds is 9. The van der Waals surface area contributed by atoms with E-state index in [1.807, 2.05) is 12.1 Å². The van der Waals surface area contributed by atoms with Crippen LogP contribution in [0.25, 0.3) is 0 Å². The maximum Gasteiger partial charge on any atom is 0.255 e. The maximum absolute atomic E-state index is 12.5. The molecule has 1 unspecified atom stereocenters. The van der Waals surface area contributed by atoms with Crippen molar-refractivity contribution in [3.63, 3.8) is 0 Å². The van der Waals surface area contributed by atoms with E-state index in [0.29, 0.717) is 34.4 Å². The van der Waals surface area contributed by atoms with Gasteiger partial charge in [0.2, 0.25) is 11.1 Å². The summed E-state index contributed by atoms with van der Waals surface area (Å²) in [4.78, 5) is 24.9. The van der Waals surface area contributed by atoms with E-state index in [4.69, 9.17) is 9.47 Å². The quantitative estimate of drug-likeness (QED) is 0.460. The molecule has 3 aromatic rings. The number of amides is 2. The zero-order valence-electron chi connectivity index (χ0n) is 18.1. The van der Waals surface area contributed by atoms with Crippen LogP contribution in [0, 0.1) is 0 Å². The van der Waals surface area contributed by atoms with Gasteiger partial charge in [-0.25, -0.2) is 4.68 Å². The fraction of sp³-hybridized carbons (Fsp3) is 0.318. The molecule has 1 aliphatic rings. The predicted octanol–water partition coefficient (Wildman–Crippen LogP) is 2.84. The Labute approximate surface area is 195 Å². The Morgan fingerprint density at radius 1 is 1.18 bits per heavy atom. The summed E-state index contributed by atoms with van der Waals surface area (Å²) >= 11 is 1.26. The number of aromatic nitrogens is 4. The summed E-state index contributed by atoms with van der Waals surface area (Å²) < 4.78 is 12.5. The molecule has 33 heavy (non-hydrogen) atoms. The monoisotopic (exact) mass is 468 g/mol. The van der Waals surface area contributed by atoms with Crippen molar-refractivity contribution >= 4 is 35.0 Å². The highest BCUT2D eigenvalue weighted by Crippen LogP contribution is 2.24. The molecular weight excluding hydrogens is 444 g/mol. The van der Waals surface area contributed by atoms with E-state index < -0.39 is 0 Å². The van der Waals surface area contributed by atoms with E-state index in [9.17, 15) is 9.59 Å². The molecule has 2 N–H and O–H groups in total. The minimum atomic E-state index is -0.272. The van der Waals surface area contributed by atoms with Crippen LogP contribution in [-0.4, -0.2) is 57.6 Å². The van der Waals surface area contributed by atoms with Crippen LogP contribution in [0.15, 0.2) is 53.7 Å². The van der Waals surface area contributed by atoms with Gasteiger partial charge < -0.3 is 20.1 Å². The molecule has 0 radical (unpaired) electrons. The largest absolute Gasteiger partial charge is 0.495 e. The summed E-state index contributed by atoms with van der Waals surface area (Å²) in [6.45, 7) is 1.34. The number of carbonyl (C=O) groups excluding carboxylic acids is 2. The van der Waals surface area contributed by atoms with E-state index in [1.165, 1.54) is 11.8 Å². The van der Waals surface area contributed by atoms with Crippen LogP contribution in [0.3, 0.4) is 0 Å². The van der Waals surface area contributed by atoms with Gasteiger partial charge in [0.05, 0.1) is 31.2 Å². The standard InChI is InChI=1S/C22H24N6O4S/c1-31-19-7-3-2-6-18(19)24-21(30)15-8-10-16(11-9-15)23-20(29)14-33-22-25-26-27-28(22)13-17-5-4-12-32-17/h2-3,6-11,17H,4-5,12-14H2,1H3,(H,23,29)(H,24,30). The van der Waals surface area contributed by atoms with Crippen molar-refractivity contribution < 1.29 is 19.1 Å². The Kier molecular flexibility index (Phi) is 7.53. The third kappa shape index (κ3) is 6.08. The Hall–Kier alpha value is -3.44. The first-order valence-corrected chi connectivity index (χ1v) is 11.5. The van der Waals surface area contributed by atoms with E-state index in [2.05, 4.69) is 26.2 Å². The molecule has 0 bridgehead atoms. The number of tetrazole rings is 1. The molecule has 2 heterocycles. The average molecular weight is 469 g/mol. The molecule has 4 rings (SSSR count). The molecule has 1 fully saturated rings. The second kappa shape index (κ2) is 10.9. The smallest absolute Gasteiger partial charge is 0.255 e. The highest BCUT2D eigenvalue weighted by Gasteiger charge is 2.19. The van der Waals surface area contributed by atoms with Crippen LogP contribution in [0.2, 0.25) is 0 Å². The van der Waals surface area contributed by atoms with Crippen molar-refractivity contribution in [3.05, 3.63) is 54.1 Å². The average Bonchev–Trinajstić information content (AvgIpc) is 3.51. The second-order valence-corrected chi connectivity index (χ2v) is 8.29. The van der Waals surface area contributed by atoms with E-state index >= 15 is 0 Å². The number of hydrogen-bond donors (Lipinski definition) is 2. The first kappa shape index (κ1) is 22.7. The molecule has 172 valence electrons. The van der Waals surface area contributed by atoms with Crippen molar-refractivity contribution in [2.45, 2.75) is 30.6 Å². The van der Waals surface area contributed by atoms with Gasteiger partial charge in [0.1, 0.15) is 5.75 Å². The van der Waals surface area contributed by atoms with Gasteiger partial charge >= 0.3 is 0 Å². The number of hydrogen-bond acceptors (Lipinski definition) is 8. The Bertz CT molecular complexity index is 1100. The van der Waals surface area contributed by atoms with Crippen molar-refractivity contribution in [1.82, 2.24) is 20.2 Å². The first-order chi connectivity index (χ1) is 16.1. The molecule has 0 spiro atoms. The molecule has 2 amide bonds. The number of para-hydroxylation sites is 2. The number of ether oxygens (including phenoxy) is 2. The van der Waals surface area contributed by atoms with E-state index in [-0.39, 0.29) is 23.7 Å². The Morgan fingerprint density at radius 2 is 2.00 bits per heavy atom. The summed E-state index contributed by atoms with van der Waals surface area (Å²) in [7, 11) is 1.55. The first-order valence-electron chi connectivity index (χ1n) is 10.5. The summed E-state index contributed by atoms with van der Waals surface area (Å²) in [5.41, 5.74) is 1.64. The molecule has 1 aromatic heterocycles. The van der Waals surface area contributed by atoms with E-state index in [1.54, 1.807) is 48.2 Å². The lowest BCUT2D eigenvalue weighted by Gasteiger charge is -2.11. The number of benzene rings is 2. The van der Waals surface area contributed by atoms with Crippen LogP contribution in [0.1, 0.15) is 23.2 Å². The second-order valence-electron chi connectivity index (χ2n) is 7.35. The van der Waals surface area contributed by atoms with Gasteiger partial charge in [0.15, 0.2) is 0 Å². The lowest BCUT2D eigenvalue weighted by molar-refractivity contribution is -0.113. The predicted molar refractivity (Wildman–Crippen MR) is 124 cm³/mol. The molecule has 1 atom stereocenters. The zero-order chi connectivity index (χ0) is 23.0. The van der Waals surface area contributed by atoms with Crippen molar-refractivity contribution in [1.29, 1.82) is 0 Å². The minimum Gasteiger partial charge on any atom is -0.495 e. The Balaban J connectivity index is 1.28. The highest BCUT2D eigenvalue weighted by atomic mass is 32.2. The normalized spacial score (nSPS) is 15.2. The lowest BCUT2D eigenvalue weighted by Crippen LogP contribution is -2.18. The molecule has 10 nitrogen and oxygen atoms in total. The number of methoxy groups -OCH3 is 1. The van der Waals surface area contributed by atoms with Crippen molar-refractivity contribution in [3.8, 4) is 5.75 Å². The van der Waals surface area contributed by atoms with Gasteiger partial charge in [0, 0.05) is 17.9 Å². The van der Waals surface area contributed by atoms with Gasteiger partial charge in [-0.15, -0.1) is 5.10 Å². The SMILES string of the molecule is COc1ccccc1NC(=O)c1ccc(NC(=O)CSc2nnnn2CC2CCCO2)cc1. The van der Waals surface area contributed by atoms with Crippen molar-refractivity contribution in [2.24, 2.45) is 0 Å². The van der Waals surface area contributed by atoms with Gasteiger partial charge in [-0.1, -0.05) is 23.9 Å². The summed E-state index contributed by atoms with van der Waals surface area (Å²) in [6.07, 6.45) is 2.14. The summed E-state index contributed by atoms with van der Waals surface area (Å²) in [5, 5.41) is 17.9. The topological polar surface area (TPSA) is 120 Å². The zero-order valence-corrected chi connectivity index (χ0v) is 18.9. The van der Waals surface area contributed by atoms with Gasteiger partial charge in [0.25, 0.3) is 5.91 Å². The van der Waals surface area contributed by atoms with Crippen LogP contribution in [-0.2, 0) is 16.1 Å². The summed E-state index contributed by atoms with van der Waals surface area (Å²) in [5.74, 6) is 0.264. The van der Waals surface area contributed by atoms with Gasteiger partial charge in [-0.2, -0.15) is 0 Å². The fourth-order valence-electron chi connectivity index (χ4n) is 3.37.